The van der Waals surface area contributed by atoms with E-state index in [9.17, 15) is 14.0 Å². The Morgan fingerprint density at radius 1 is 1.22 bits per heavy atom. The molecule has 1 atom stereocenters. The van der Waals surface area contributed by atoms with Crippen molar-refractivity contribution in [3.63, 3.8) is 0 Å². The first-order valence-corrected chi connectivity index (χ1v) is 8.59. The molecule has 1 unspecified atom stereocenters. The number of rotatable bonds is 5. The number of anilines is 2. The fourth-order valence-corrected chi connectivity index (χ4v) is 3.12. The third-order valence-electron chi connectivity index (χ3n) is 4.36. The van der Waals surface area contributed by atoms with Crippen molar-refractivity contribution in [3.8, 4) is 11.5 Å². The lowest BCUT2D eigenvalue weighted by Gasteiger charge is -2.20. The summed E-state index contributed by atoms with van der Waals surface area (Å²) in [6.45, 7) is 0.162. The smallest absolute Gasteiger partial charge is 0.229 e. The topological polar surface area (TPSA) is 67.9 Å². The number of amides is 2. The lowest BCUT2D eigenvalue weighted by atomic mass is 10.1. The van der Waals surface area contributed by atoms with Crippen molar-refractivity contribution in [2.24, 2.45) is 5.92 Å². The van der Waals surface area contributed by atoms with Crippen molar-refractivity contribution in [2.75, 3.05) is 31.0 Å². The van der Waals surface area contributed by atoms with Gasteiger partial charge in [0.05, 0.1) is 31.5 Å². The fourth-order valence-electron chi connectivity index (χ4n) is 2.95. The number of benzene rings is 2. The van der Waals surface area contributed by atoms with Gasteiger partial charge in [-0.15, -0.1) is 0 Å². The van der Waals surface area contributed by atoms with Crippen LogP contribution in [0, 0.1) is 11.7 Å². The zero-order valence-electron chi connectivity index (χ0n) is 14.8. The molecule has 1 aliphatic heterocycles. The van der Waals surface area contributed by atoms with E-state index in [4.69, 9.17) is 21.1 Å². The summed E-state index contributed by atoms with van der Waals surface area (Å²) < 4.78 is 24.3. The number of nitrogens with one attached hydrogen (secondary N) is 1. The summed E-state index contributed by atoms with van der Waals surface area (Å²) >= 11 is 5.84. The summed E-state index contributed by atoms with van der Waals surface area (Å²) in [4.78, 5) is 26.4. The van der Waals surface area contributed by atoms with Gasteiger partial charge >= 0.3 is 0 Å². The predicted octanol–water partition coefficient (Wildman–Crippen LogP) is 3.49. The van der Waals surface area contributed by atoms with E-state index < -0.39 is 17.6 Å². The van der Waals surface area contributed by atoms with Crippen LogP contribution >= 0.6 is 11.6 Å². The lowest BCUT2D eigenvalue weighted by molar-refractivity contribution is -0.122. The second kappa shape index (κ2) is 7.84. The molecule has 1 fully saturated rings. The highest BCUT2D eigenvalue weighted by atomic mass is 35.5. The highest BCUT2D eigenvalue weighted by Crippen LogP contribution is 2.36. The molecule has 1 saturated heterocycles. The van der Waals surface area contributed by atoms with Gasteiger partial charge < -0.3 is 19.7 Å². The standard InChI is InChI=1S/C19H18ClFN2O4/c1-26-13-4-6-16(17(9-13)27-2)23-10-11(7-18(23)24)19(25)22-15-8-12(20)3-5-14(15)21/h3-6,8-9,11H,7,10H2,1-2H3,(H,22,25). The second-order valence-electron chi connectivity index (χ2n) is 6.06. The molecule has 0 radical (unpaired) electrons. The zero-order valence-corrected chi connectivity index (χ0v) is 15.5. The number of ether oxygens (including phenoxy) is 2. The number of nitrogens with zero attached hydrogens (tertiary/aromatic N) is 1. The van der Waals surface area contributed by atoms with Crippen LogP contribution in [0.15, 0.2) is 36.4 Å². The van der Waals surface area contributed by atoms with E-state index in [1.165, 1.54) is 37.3 Å². The molecular formula is C19H18ClFN2O4. The van der Waals surface area contributed by atoms with Crippen LogP contribution in [0.25, 0.3) is 0 Å². The largest absolute Gasteiger partial charge is 0.497 e. The number of carbonyl (C=O) groups excluding carboxylic acids is 2. The minimum atomic E-state index is -0.623. The first-order valence-electron chi connectivity index (χ1n) is 8.21. The molecular weight excluding hydrogens is 375 g/mol. The molecule has 0 bridgehead atoms. The Kier molecular flexibility index (Phi) is 5.51. The van der Waals surface area contributed by atoms with Gasteiger partial charge in [0, 0.05) is 24.1 Å². The van der Waals surface area contributed by atoms with Gasteiger partial charge in [0.1, 0.15) is 17.3 Å². The molecule has 3 rings (SSSR count). The van der Waals surface area contributed by atoms with Crippen LogP contribution in [0.2, 0.25) is 5.02 Å². The van der Waals surface area contributed by atoms with E-state index in [0.717, 1.165) is 0 Å². The van der Waals surface area contributed by atoms with E-state index in [-0.39, 0.29) is 24.6 Å². The maximum Gasteiger partial charge on any atom is 0.229 e. The lowest BCUT2D eigenvalue weighted by Crippen LogP contribution is -2.28. The Morgan fingerprint density at radius 2 is 2.00 bits per heavy atom. The van der Waals surface area contributed by atoms with Crippen LogP contribution < -0.4 is 19.7 Å². The van der Waals surface area contributed by atoms with E-state index in [1.54, 1.807) is 18.2 Å². The van der Waals surface area contributed by atoms with Gasteiger partial charge in [-0.2, -0.15) is 0 Å². The normalized spacial score (nSPS) is 16.4. The van der Waals surface area contributed by atoms with Gasteiger partial charge in [0.2, 0.25) is 11.8 Å². The highest BCUT2D eigenvalue weighted by Gasteiger charge is 2.36. The molecule has 2 aromatic carbocycles. The molecule has 142 valence electrons. The van der Waals surface area contributed by atoms with Gasteiger partial charge in [0.15, 0.2) is 0 Å². The summed E-state index contributed by atoms with van der Waals surface area (Å²) in [6.07, 6.45) is 0.0171. The van der Waals surface area contributed by atoms with Crippen LogP contribution in [0.5, 0.6) is 11.5 Å². The Balaban J connectivity index is 1.77. The molecule has 0 saturated carbocycles. The van der Waals surface area contributed by atoms with E-state index >= 15 is 0 Å². The SMILES string of the molecule is COc1ccc(N2CC(C(=O)Nc3cc(Cl)ccc3F)CC2=O)c(OC)c1. The predicted molar refractivity (Wildman–Crippen MR) is 100 cm³/mol. The molecule has 1 aliphatic rings. The molecule has 2 aromatic rings. The average Bonchev–Trinajstić information content (AvgIpc) is 3.05. The number of hydrogen-bond acceptors (Lipinski definition) is 4. The van der Waals surface area contributed by atoms with Gasteiger partial charge in [0.25, 0.3) is 0 Å². The quantitative estimate of drug-likeness (QED) is 0.845. The molecule has 6 nitrogen and oxygen atoms in total. The number of hydrogen-bond donors (Lipinski definition) is 1. The molecule has 1 N–H and O–H groups in total. The molecule has 2 amide bonds. The van der Waals surface area contributed by atoms with Crippen molar-refractivity contribution < 1.29 is 23.5 Å². The summed E-state index contributed by atoms with van der Waals surface area (Å²) in [5.41, 5.74) is 0.535. The Labute approximate surface area is 160 Å². The molecule has 0 aliphatic carbocycles. The Hall–Kier alpha value is -2.80. The van der Waals surface area contributed by atoms with Crippen molar-refractivity contribution >= 4 is 34.8 Å². The first kappa shape index (κ1) is 19.0. The maximum absolute atomic E-state index is 13.8. The van der Waals surface area contributed by atoms with Crippen LogP contribution in [-0.4, -0.2) is 32.6 Å². The van der Waals surface area contributed by atoms with Crippen LogP contribution in [-0.2, 0) is 9.59 Å². The van der Waals surface area contributed by atoms with Crippen molar-refractivity contribution in [1.82, 2.24) is 0 Å². The van der Waals surface area contributed by atoms with Gasteiger partial charge in [-0.25, -0.2) is 4.39 Å². The fraction of sp³-hybridized carbons (Fsp3) is 0.263. The third-order valence-corrected chi connectivity index (χ3v) is 4.59. The number of methoxy groups -OCH3 is 2. The second-order valence-corrected chi connectivity index (χ2v) is 6.49. The van der Waals surface area contributed by atoms with Crippen LogP contribution in [0.1, 0.15) is 6.42 Å². The zero-order chi connectivity index (χ0) is 19.6. The molecule has 1 heterocycles. The Morgan fingerprint density at radius 3 is 2.70 bits per heavy atom. The van der Waals surface area contributed by atoms with Crippen molar-refractivity contribution in [3.05, 3.63) is 47.2 Å². The summed E-state index contributed by atoms with van der Waals surface area (Å²) in [5.74, 6) is -0.823. The van der Waals surface area contributed by atoms with Gasteiger partial charge in [-0.05, 0) is 30.3 Å². The summed E-state index contributed by atoms with van der Waals surface area (Å²) in [7, 11) is 3.02. The average molecular weight is 393 g/mol. The van der Waals surface area contributed by atoms with Gasteiger partial charge in [-0.1, -0.05) is 11.6 Å². The highest BCUT2D eigenvalue weighted by molar-refractivity contribution is 6.30. The van der Waals surface area contributed by atoms with Crippen molar-refractivity contribution in [1.29, 1.82) is 0 Å². The first-order chi connectivity index (χ1) is 12.9. The minimum Gasteiger partial charge on any atom is -0.497 e. The number of carbonyl (C=O) groups is 2. The van der Waals surface area contributed by atoms with Crippen molar-refractivity contribution in [2.45, 2.75) is 6.42 Å². The van der Waals surface area contributed by atoms with Crippen LogP contribution in [0.3, 0.4) is 0 Å². The summed E-state index contributed by atoms with van der Waals surface area (Å²) in [5, 5.41) is 2.81. The molecule has 0 aromatic heterocycles. The minimum absolute atomic E-state index is 0.0135. The van der Waals surface area contributed by atoms with Crippen LogP contribution in [0.4, 0.5) is 15.8 Å². The molecule has 27 heavy (non-hydrogen) atoms. The number of halogens is 2. The monoisotopic (exact) mass is 392 g/mol. The summed E-state index contributed by atoms with van der Waals surface area (Å²) in [6, 6.07) is 8.97. The van der Waals surface area contributed by atoms with Gasteiger partial charge in [-0.3, -0.25) is 9.59 Å². The van der Waals surface area contributed by atoms with E-state index in [2.05, 4.69) is 5.32 Å². The van der Waals surface area contributed by atoms with E-state index in [1.807, 2.05) is 0 Å². The molecule has 8 heteroatoms. The third kappa shape index (κ3) is 3.98. The Bertz CT molecular complexity index is 890. The van der Waals surface area contributed by atoms with E-state index in [0.29, 0.717) is 22.2 Å². The maximum atomic E-state index is 13.8. The molecule has 0 spiro atoms.